The van der Waals surface area contributed by atoms with Gasteiger partial charge in [0.2, 0.25) is 0 Å². The third kappa shape index (κ3) is 3.05. The highest BCUT2D eigenvalue weighted by Crippen LogP contribution is 2.27. The first kappa shape index (κ1) is 16.3. The molecule has 0 aliphatic rings. The number of benzene rings is 1. The number of ether oxygens (including phenoxy) is 1. The molecule has 0 saturated carbocycles. The van der Waals surface area contributed by atoms with Gasteiger partial charge < -0.3 is 10.5 Å². The Bertz CT molecular complexity index is 864. The largest absolute Gasteiger partial charge is 0.462 e. The first-order valence-corrected chi connectivity index (χ1v) is 8.01. The van der Waals surface area contributed by atoms with Crippen LogP contribution in [0.25, 0.3) is 11.0 Å². The third-order valence-corrected chi connectivity index (χ3v) is 4.09. The number of carbonyl (C=O) groups excluding carboxylic acids is 1. The molecule has 0 amide bonds. The van der Waals surface area contributed by atoms with Gasteiger partial charge in [-0.05, 0) is 12.5 Å². The SMILES string of the molecule is CCOC(=O)c1cnc2c(cnn2CC(Cl)c2ccccc2)c1N. The van der Waals surface area contributed by atoms with Crippen molar-refractivity contribution < 1.29 is 9.53 Å². The predicted molar refractivity (Wildman–Crippen MR) is 92.9 cm³/mol. The van der Waals surface area contributed by atoms with Crippen LogP contribution in [0.5, 0.6) is 0 Å². The smallest absolute Gasteiger partial charge is 0.341 e. The highest BCUT2D eigenvalue weighted by molar-refractivity contribution is 6.20. The summed E-state index contributed by atoms with van der Waals surface area (Å²) in [5.74, 6) is -0.489. The molecule has 1 aromatic carbocycles. The fraction of sp³-hybridized carbons (Fsp3) is 0.235. The normalized spacial score (nSPS) is 12.2. The van der Waals surface area contributed by atoms with Crippen LogP contribution in [-0.4, -0.2) is 27.3 Å². The van der Waals surface area contributed by atoms with Gasteiger partial charge in [0.05, 0.1) is 35.8 Å². The van der Waals surface area contributed by atoms with Crippen molar-refractivity contribution in [1.82, 2.24) is 14.8 Å². The lowest BCUT2D eigenvalue weighted by atomic mass is 10.1. The molecule has 2 heterocycles. The number of carbonyl (C=O) groups is 1. The molecule has 2 aromatic heterocycles. The fourth-order valence-corrected chi connectivity index (χ4v) is 2.75. The summed E-state index contributed by atoms with van der Waals surface area (Å²) in [5.41, 5.74) is 8.22. The van der Waals surface area contributed by atoms with Gasteiger partial charge in [-0.3, -0.25) is 0 Å². The molecule has 0 radical (unpaired) electrons. The van der Waals surface area contributed by atoms with Crippen LogP contribution in [0.2, 0.25) is 0 Å². The quantitative estimate of drug-likeness (QED) is 0.567. The van der Waals surface area contributed by atoms with Crippen LogP contribution in [0.1, 0.15) is 28.2 Å². The summed E-state index contributed by atoms with van der Waals surface area (Å²) < 4.78 is 6.67. The van der Waals surface area contributed by atoms with Crippen LogP contribution < -0.4 is 5.73 Å². The van der Waals surface area contributed by atoms with Crippen LogP contribution >= 0.6 is 11.6 Å². The molecule has 3 aromatic rings. The minimum Gasteiger partial charge on any atom is -0.462 e. The maximum Gasteiger partial charge on any atom is 0.341 e. The third-order valence-electron chi connectivity index (χ3n) is 3.70. The number of pyridine rings is 1. The molecular formula is C17H17ClN4O2. The maximum atomic E-state index is 11.9. The zero-order valence-corrected chi connectivity index (χ0v) is 13.9. The van der Waals surface area contributed by atoms with Gasteiger partial charge in [0.15, 0.2) is 5.65 Å². The predicted octanol–water partition coefficient (Wildman–Crippen LogP) is 3.17. The summed E-state index contributed by atoms with van der Waals surface area (Å²) in [5, 5.41) is 4.67. The van der Waals surface area contributed by atoms with E-state index in [2.05, 4.69) is 10.1 Å². The molecule has 1 atom stereocenters. The minimum atomic E-state index is -0.489. The summed E-state index contributed by atoms with van der Waals surface area (Å²) in [6, 6.07) is 9.74. The van der Waals surface area contributed by atoms with Crippen LogP contribution in [-0.2, 0) is 11.3 Å². The number of rotatable bonds is 5. The maximum absolute atomic E-state index is 11.9. The number of nitrogen functional groups attached to an aromatic ring is 1. The van der Waals surface area contributed by atoms with E-state index in [0.29, 0.717) is 23.3 Å². The Balaban J connectivity index is 1.91. The van der Waals surface area contributed by atoms with Crippen molar-refractivity contribution >= 4 is 34.3 Å². The number of aromatic nitrogens is 3. The van der Waals surface area contributed by atoms with E-state index in [9.17, 15) is 4.79 Å². The molecule has 7 heteroatoms. The molecule has 124 valence electrons. The standard InChI is InChI=1S/C17H17ClN4O2/c1-2-24-17(23)13-8-20-16-12(15(13)19)9-21-22(16)10-14(18)11-6-4-3-5-7-11/h3-9,14H,2,10H2,1H3,(H2,19,20). The Hall–Kier alpha value is -2.60. The van der Waals surface area contributed by atoms with Gasteiger partial charge in [0, 0.05) is 6.20 Å². The van der Waals surface area contributed by atoms with Crippen molar-refractivity contribution in [3.63, 3.8) is 0 Å². The highest BCUT2D eigenvalue weighted by Gasteiger charge is 2.18. The van der Waals surface area contributed by atoms with E-state index in [4.69, 9.17) is 22.1 Å². The molecule has 0 spiro atoms. The molecule has 0 bridgehead atoms. The first-order valence-electron chi connectivity index (χ1n) is 7.58. The number of alkyl halides is 1. The van der Waals surface area contributed by atoms with Gasteiger partial charge in [0.1, 0.15) is 5.56 Å². The van der Waals surface area contributed by atoms with E-state index >= 15 is 0 Å². The lowest BCUT2D eigenvalue weighted by molar-refractivity contribution is 0.0527. The van der Waals surface area contributed by atoms with Crippen molar-refractivity contribution in [2.45, 2.75) is 18.8 Å². The Labute approximate surface area is 144 Å². The van der Waals surface area contributed by atoms with E-state index in [0.717, 1.165) is 5.56 Å². The molecule has 1 unspecified atom stereocenters. The van der Waals surface area contributed by atoms with Gasteiger partial charge in [-0.1, -0.05) is 30.3 Å². The summed E-state index contributed by atoms with van der Waals surface area (Å²) in [6.45, 7) is 2.46. The molecule has 0 saturated heterocycles. The lowest BCUT2D eigenvalue weighted by Gasteiger charge is -2.11. The number of fused-ring (bicyclic) bond motifs is 1. The van der Waals surface area contributed by atoms with Crippen LogP contribution in [0.4, 0.5) is 5.69 Å². The fourth-order valence-electron chi connectivity index (χ4n) is 2.47. The number of nitrogens with zero attached hydrogens (tertiary/aromatic N) is 3. The van der Waals surface area contributed by atoms with E-state index in [1.807, 2.05) is 30.3 Å². The highest BCUT2D eigenvalue weighted by atomic mass is 35.5. The zero-order chi connectivity index (χ0) is 17.1. The van der Waals surface area contributed by atoms with E-state index in [-0.39, 0.29) is 17.5 Å². The molecule has 6 nitrogen and oxygen atoms in total. The second kappa shape index (κ2) is 6.88. The molecule has 24 heavy (non-hydrogen) atoms. The zero-order valence-electron chi connectivity index (χ0n) is 13.1. The average Bonchev–Trinajstić information content (AvgIpc) is 3.00. The van der Waals surface area contributed by atoms with E-state index < -0.39 is 5.97 Å². The monoisotopic (exact) mass is 344 g/mol. The summed E-state index contributed by atoms with van der Waals surface area (Å²) >= 11 is 6.47. The topological polar surface area (TPSA) is 83.0 Å². The Kier molecular flexibility index (Phi) is 4.66. The summed E-state index contributed by atoms with van der Waals surface area (Å²) in [6.07, 6.45) is 3.01. The van der Waals surface area contributed by atoms with Gasteiger partial charge in [-0.15, -0.1) is 11.6 Å². The van der Waals surface area contributed by atoms with Crippen LogP contribution in [0.3, 0.4) is 0 Å². The Morgan fingerprint density at radius 3 is 2.79 bits per heavy atom. The molecule has 0 aliphatic carbocycles. The van der Waals surface area contributed by atoms with Crippen molar-refractivity contribution in [2.24, 2.45) is 0 Å². The van der Waals surface area contributed by atoms with Crippen LogP contribution in [0.15, 0.2) is 42.7 Å². The van der Waals surface area contributed by atoms with Gasteiger partial charge in [0.25, 0.3) is 0 Å². The molecular weight excluding hydrogens is 328 g/mol. The number of hydrogen-bond acceptors (Lipinski definition) is 5. The molecule has 3 rings (SSSR count). The molecule has 2 N–H and O–H groups in total. The first-order chi connectivity index (χ1) is 11.6. The average molecular weight is 345 g/mol. The molecule has 0 fully saturated rings. The Morgan fingerprint density at radius 2 is 2.08 bits per heavy atom. The van der Waals surface area contributed by atoms with Crippen molar-refractivity contribution in [2.75, 3.05) is 12.3 Å². The van der Waals surface area contributed by atoms with E-state index in [1.165, 1.54) is 6.20 Å². The number of anilines is 1. The van der Waals surface area contributed by atoms with Gasteiger partial charge in [-0.25, -0.2) is 14.5 Å². The summed E-state index contributed by atoms with van der Waals surface area (Å²) in [4.78, 5) is 16.2. The number of hydrogen-bond donors (Lipinski definition) is 1. The second-order valence-electron chi connectivity index (χ2n) is 5.25. The number of halogens is 1. The second-order valence-corrected chi connectivity index (χ2v) is 5.78. The number of nitrogens with two attached hydrogens (primary N) is 1. The van der Waals surface area contributed by atoms with Gasteiger partial charge in [-0.2, -0.15) is 5.10 Å². The minimum absolute atomic E-state index is 0.245. The van der Waals surface area contributed by atoms with Crippen molar-refractivity contribution in [3.05, 3.63) is 53.9 Å². The van der Waals surface area contributed by atoms with Gasteiger partial charge >= 0.3 is 5.97 Å². The van der Waals surface area contributed by atoms with Crippen molar-refractivity contribution in [3.8, 4) is 0 Å². The number of esters is 1. The molecule has 0 aliphatic heterocycles. The summed E-state index contributed by atoms with van der Waals surface area (Å²) in [7, 11) is 0. The van der Waals surface area contributed by atoms with Crippen LogP contribution in [0, 0.1) is 0 Å². The lowest BCUT2D eigenvalue weighted by Crippen LogP contribution is -2.10. The van der Waals surface area contributed by atoms with Crippen molar-refractivity contribution in [1.29, 1.82) is 0 Å². The Morgan fingerprint density at radius 1 is 1.33 bits per heavy atom. The van der Waals surface area contributed by atoms with E-state index in [1.54, 1.807) is 17.8 Å².